The summed E-state index contributed by atoms with van der Waals surface area (Å²) in [6, 6.07) is 7.15. The second kappa shape index (κ2) is 5.83. The molecule has 108 valence electrons. The van der Waals surface area contributed by atoms with Crippen molar-refractivity contribution in [1.29, 1.82) is 0 Å². The van der Waals surface area contributed by atoms with Gasteiger partial charge >= 0.3 is 5.97 Å². The normalized spacial score (nSPS) is 17.1. The molecule has 0 heterocycles. The van der Waals surface area contributed by atoms with Crippen molar-refractivity contribution in [2.24, 2.45) is 0 Å². The third kappa shape index (κ3) is 3.12. The highest BCUT2D eigenvalue weighted by Gasteiger charge is 2.51. The molecule has 1 aliphatic rings. The molecule has 0 unspecified atom stereocenters. The van der Waals surface area contributed by atoms with E-state index in [9.17, 15) is 9.59 Å². The fraction of sp³-hybridized carbons (Fsp3) is 0.467. The number of benzene rings is 1. The van der Waals surface area contributed by atoms with Gasteiger partial charge in [-0.05, 0) is 37.5 Å². The molecule has 1 aromatic carbocycles. The van der Waals surface area contributed by atoms with Crippen molar-refractivity contribution in [3.8, 4) is 0 Å². The van der Waals surface area contributed by atoms with E-state index in [2.05, 4.69) is 10.1 Å². The number of halogens is 1. The molecule has 0 bridgehead atoms. The summed E-state index contributed by atoms with van der Waals surface area (Å²) < 4.78 is 4.60. The molecule has 1 saturated carbocycles. The SMILES string of the molecule is COC(=O)C[C@@H](C)NC(=O)C1(c2cccc(Cl)c2)CC1. The Morgan fingerprint density at radius 1 is 1.45 bits per heavy atom. The van der Waals surface area contributed by atoms with E-state index in [0.29, 0.717) is 5.02 Å². The summed E-state index contributed by atoms with van der Waals surface area (Å²) in [7, 11) is 1.34. The maximum atomic E-state index is 12.4. The van der Waals surface area contributed by atoms with Gasteiger partial charge in [0.15, 0.2) is 0 Å². The van der Waals surface area contributed by atoms with E-state index in [-0.39, 0.29) is 24.3 Å². The quantitative estimate of drug-likeness (QED) is 0.849. The number of amides is 1. The lowest BCUT2D eigenvalue weighted by atomic mass is 9.94. The van der Waals surface area contributed by atoms with Gasteiger partial charge in [0, 0.05) is 11.1 Å². The lowest BCUT2D eigenvalue weighted by molar-refractivity contribution is -0.141. The number of hydrogen-bond acceptors (Lipinski definition) is 3. The van der Waals surface area contributed by atoms with E-state index in [0.717, 1.165) is 18.4 Å². The summed E-state index contributed by atoms with van der Waals surface area (Å²) in [5, 5.41) is 3.51. The summed E-state index contributed by atoms with van der Waals surface area (Å²) in [4.78, 5) is 23.6. The molecule has 1 N–H and O–H groups in total. The van der Waals surface area contributed by atoms with Crippen LogP contribution in [0.3, 0.4) is 0 Å². The largest absolute Gasteiger partial charge is 0.469 e. The molecule has 0 radical (unpaired) electrons. The van der Waals surface area contributed by atoms with Crippen LogP contribution in [0.15, 0.2) is 24.3 Å². The third-order valence-electron chi connectivity index (χ3n) is 3.64. The number of ether oxygens (including phenoxy) is 1. The van der Waals surface area contributed by atoms with E-state index in [1.165, 1.54) is 7.11 Å². The highest BCUT2D eigenvalue weighted by Crippen LogP contribution is 2.48. The van der Waals surface area contributed by atoms with Gasteiger partial charge in [-0.15, -0.1) is 0 Å². The van der Waals surface area contributed by atoms with E-state index in [1.807, 2.05) is 18.2 Å². The standard InChI is InChI=1S/C15H18ClNO3/c1-10(8-13(18)20-2)17-14(19)15(6-7-15)11-4-3-5-12(16)9-11/h3-5,9-10H,6-8H2,1-2H3,(H,17,19)/t10-/m1/s1. The average Bonchev–Trinajstić information content (AvgIpc) is 3.19. The molecule has 2 rings (SSSR count). The second-order valence-corrected chi connectivity index (χ2v) is 5.68. The molecule has 4 nitrogen and oxygen atoms in total. The summed E-state index contributed by atoms with van der Waals surface area (Å²) in [5.74, 6) is -0.374. The first-order valence-corrected chi connectivity index (χ1v) is 6.99. The molecule has 5 heteroatoms. The Morgan fingerprint density at radius 2 is 2.15 bits per heavy atom. The van der Waals surface area contributed by atoms with Crippen LogP contribution in [-0.4, -0.2) is 25.0 Å². The lowest BCUT2D eigenvalue weighted by Gasteiger charge is -2.19. The van der Waals surface area contributed by atoms with Crippen molar-refractivity contribution in [2.45, 2.75) is 37.6 Å². The molecule has 20 heavy (non-hydrogen) atoms. The van der Waals surface area contributed by atoms with Crippen LogP contribution in [0.4, 0.5) is 0 Å². The van der Waals surface area contributed by atoms with Crippen molar-refractivity contribution in [1.82, 2.24) is 5.32 Å². The summed E-state index contributed by atoms with van der Waals surface area (Å²) >= 11 is 5.98. The summed E-state index contributed by atoms with van der Waals surface area (Å²) in [5.41, 5.74) is 0.461. The van der Waals surface area contributed by atoms with Gasteiger partial charge in [0.2, 0.25) is 5.91 Å². The van der Waals surface area contributed by atoms with Gasteiger partial charge in [0.1, 0.15) is 0 Å². The Balaban J connectivity index is 2.04. The van der Waals surface area contributed by atoms with Crippen LogP contribution in [0.2, 0.25) is 5.02 Å². The van der Waals surface area contributed by atoms with Crippen molar-refractivity contribution in [3.05, 3.63) is 34.9 Å². The minimum atomic E-state index is -0.477. The van der Waals surface area contributed by atoms with Gasteiger partial charge in [-0.2, -0.15) is 0 Å². The molecule has 0 spiro atoms. The van der Waals surface area contributed by atoms with Crippen LogP contribution in [0.5, 0.6) is 0 Å². The zero-order valence-electron chi connectivity index (χ0n) is 11.6. The van der Waals surface area contributed by atoms with Gasteiger partial charge in [0.05, 0.1) is 18.9 Å². The van der Waals surface area contributed by atoms with E-state index in [4.69, 9.17) is 11.6 Å². The Labute approximate surface area is 123 Å². The van der Waals surface area contributed by atoms with Gasteiger partial charge < -0.3 is 10.1 Å². The predicted molar refractivity (Wildman–Crippen MR) is 76.6 cm³/mol. The smallest absolute Gasteiger partial charge is 0.307 e. The van der Waals surface area contributed by atoms with E-state index in [1.54, 1.807) is 13.0 Å². The fourth-order valence-electron chi connectivity index (χ4n) is 2.30. The predicted octanol–water partition coefficient (Wildman–Crippen LogP) is 2.44. The van der Waals surface area contributed by atoms with Crippen LogP contribution in [0.25, 0.3) is 0 Å². The Kier molecular flexibility index (Phi) is 4.33. The molecule has 1 aliphatic carbocycles. The van der Waals surface area contributed by atoms with Crippen molar-refractivity contribution in [3.63, 3.8) is 0 Å². The van der Waals surface area contributed by atoms with Crippen LogP contribution in [0.1, 0.15) is 31.7 Å². The number of rotatable bonds is 5. The maximum Gasteiger partial charge on any atom is 0.307 e. The molecule has 1 aromatic rings. The Bertz CT molecular complexity index is 526. The van der Waals surface area contributed by atoms with Crippen molar-refractivity contribution in [2.75, 3.05) is 7.11 Å². The number of methoxy groups -OCH3 is 1. The monoisotopic (exact) mass is 295 g/mol. The van der Waals surface area contributed by atoms with E-state index >= 15 is 0 Å². The first-order valence-electron chi connectivity index (χ1n) is 6.62. The van der Waals surface area contributed by atoms with Gasteiger partial charge in [-0.3, -0.25) is 9.59 Å². The number of carbonyl (C=O) groups is 2. The molecule has 1 atom stereocenters. The third-order valence-corrected chi connectivity index (χ3v) is 3.87. The summed E-state index contributed by atoms with van der Waals surface area (Å²) in [6.07, 6.45) is 1.79. The molecule has 1 fully saturated rings. The van der Waals surface area contributed by atoms with Crippen LogP contribution in [0, 0.1) is 0 Å². The fourth-order valence-corrected chi connectivity index (χ4v) is 2.49. The molecule has 0 aromatic heterocycles. The van der Waals surface area contributed by atoms with Gasteiger partial charge in [0.25, 0.3) is 0 Å². The molecular formula is C15H18ClNO3. The van der Waals surface area contributed by atoms with Gasteiger partial charge in [-0.25, -0.2) is 0 Å². The first-order chi connectivity index (χ1) is 9.48. The Morgan fingerprint density at radius 3 is 2.70 bits per heavy atom. The second-order valence-electron chi connectivity index (χ2n) is 5.25. The van der Waals surface area contributed by atoms with Crippen molar-refractivity contribution < 1.29 is 14.3 Å². The topological polar surface area (TPSA) is 55.4 Å². The number of esters is 1. The Hall–Kier alpha value is -1.55. The number of hydrogen-bond donors (Lipinski definition) is 1. The summed E-state index contributed by atoms with van der Waals surface area (Å²) in [6.45, 7) is 1.79. The number of nitrogens with one attached hydrogen (secondary N) is 1. The molecule has 0 saturated heterocycles. The van der Waals surface area contributed by atoms with Crippen molar-refractivity contribution >= 4 is 23.5 Å². The van der Waals surface area contributed by atoms with Gasteiger partial charge in [-0.1, -0.05) is 23.7 Å². The first kappa shape index (κ1) is 14.9. The highest BCUT2D eigenvalue weighted by molar-refractivity contribution is 6.30. The number of carbonyl (C=O) groups excluding carboxylic acids is 2. The molecule has 1 amide bonds. The van der Waals surface area contributed by atoms with Crippen LogP contribution < -0.4 is 5.32 Å². The zero-order chi connectivity index (χ0) is 14.8. The van der Waals surface area contributed by atoms with Crippen LogP contribution >= 0.6 is 11.6 Å². The minimum absolute atomic E-state index is 0.0452. The average molecular weight is 296 g/mol. The maximum absolute atomic E-state index is 12.4. The molecule has 0 aliphatic heterocycles. The zero-order valence-corrected chi connectivity index (χ0v) is 12.4. The molecular weight excluding hydrogens is 278 g/mol. The highest BCUT2D eigenvalue weighted by atomic mass is 35.5. The lowest BCUT2D eigenvalue weighted by Crippen LogP contribution is -2.41. The minimum Gasteiger partial charge on any atom is -0.469 e. The van der Waals surface area contributed by atoms with Crippen LogP contribution in [-0.2, 0) is 19.7 Å². The van der Waals surface area contributed by atoms with E-state index < -0.39 is 5.41 Å².